The first-order chi connectivity index (χ1) is 14.1. The highest BCUT2D eigenvalue weighted by atomic mass is 35.5. The van der Waals surface area contributed by atoms with Crippen LogP contribution in [-0.4, -0.2) is 21.7 Å². The molecule has 0 atom stereocenters. The average molecular weight is 422 g/mol. The van der Waals surface area contributed by atoms with Crippen molar-refractivity contribution in [3.63, 3.8) is 0 Å². The van der Waals surface area contributed by atoms with Crippen molar-refractivity contribution in [2.45, 2.75) is 40.0 Å². The average Bonchev–Trinajstić information content (AvgIpc) is 2.67. The Bertz CT molecular complexity index is 1100. The number of rotatable bonds is 4. The quantitative estimate of drug-likeness (QED) is 0.562. The van der Waals surface area contributed by atoms with E-state index < -0.39 is 0 Å². The Balaban J connectivity index is 1.94. The molecule has 0 spiro atoms. The van der Waals surface area contributed by atoms with E-state index in [-0.39, 0.29) is 28.5 Å². The molecule has 0 unspecified atom stereocenters. The van der Waals surface area contributed by atoms with Gasteiger partial charge in [0.05, 0.1) is 10.7 Å². The molecule has 0 saturated heterocycles. The largest absolute Gasteiger partial charge is 0.320 e. The first-order valence-electron chi connectivity index (χ1n) is 9.62. The van der Waals surface area contributed by atoms with Crippen LogP contribution in [0.2, 0.25) is 5.02 Å². The Labute approximate surface area is 181 Å². The summed E-state index contributed by atoms with van der Waals surface area (Å²) in [5.74, 6) is -0.652. The molecule has 0 bridgehead atoms. The molecular formula is C24H24ClN3O2. The van der Waals surface area contributed by atoms with Crippen LogP contribution >= 0.6 is 11.6 Å². The molecule has 30 heavy (non-hydrogen) atoms. The standard InChI is InChI=1S/C24H24ClN3O2/c1-14-10-11-26-15(2)20(14)22(29)21-19(12-18(25)13-27-21)28-23(30)16-6-8-17(9-7-16)24(3,4)5/h6-13H,1-5H3,(H,28,30). The molecular weight excluding hydrogens is 398 g/mol. The van der Waals surface area contributed by atoms with Crippen LogP contribution in [0.3, 0.4) is 0 Å². The third kappa shape index (κ3) is 4.57. The van der Waals surface area contributed by atoms with Gasteiger partial charge in [-0.3, -0.25) is 14.6 Å². The maximum atomic E-state index is 13.2. The Morgan fingerprint density at radius 1 is 1.00 bits per heavy atom. The van der Waals surface area contributed by atoms with Crippen LogP contribution in [0.1, 0.15) is 64.0 Å². The predicted molar refractivity (Wildman–Crippen MR) is 119 cm³/mol. The van der Waals surface area contributed by atoms with Crippen LogP contribution < -0.4 is 5.32 Å². The molecule has 3 aromatic rings. The molecule has 1 amide bonds. The van der Waals surface area contributed by atoms with Gasteiger partial charge in [0.25, 0.3) is 5.91 Å². The normalized spacial score (nSPS) is 11.3. The zero-order valence-electron chi connectivity index (χ0n) is 17.7. The SMILES string of the molecule is Cc1ccnc(C)c1C(=O)c1ncc(Cl)cc1NC(=O)c1ccc(C(C)(C)C)cc1. The van der Waals surface area contributed by atoms with Crippen LogP contribution in [0.15, 0.2) is 48.8 Å². The summed E-state index contributed by atoms with van der Waals surface area (Å²) in [6.07, 6.45) is 3.05. The first-order valence-corrected chi connectivity index (χ1v) is 10.00. The molecule has 0 aliphatic carbocycles. The number of halogens is 1. The second-order valence-electron chi connectivity index (χ2n) is 8.25. The number of benzene rings is 1. The number of nitrogens with one attached hydrogen (secondary N) is 1. The number of amides is 1. The lowest BCUT2D eigenvalue weighted by atomic mass is 9.86. The van der Waals surface area contributed by atoms with E-state index in [1.165, 1.54) is 12.3 Å². The Kier molecular flexibility index (Phi) is 6.04. The summed E-state index contributed by atoms with van der Waals surface area (Å²) in [6.45, 7) is 9.94. The monoisotopic (exact) mass is 421 g/mol. The summed E-state index contributed by atoms with van der Waals surface area (Å²) in [5.41, 5.74) is 3.85. The van der Waals surface area contributed by atoms with Crippen molar-refractivity contribution in [3.8, 4) is 0 Å². The highest BCUT2D eigenvalue weighted by molar-refractivity contribution is 6.31. The Morgan fingerprint density at radius 3 is 2.27 bits per heavy atom. The lowest BCUT2D eigenvalue weighted by molar-refractivity contribution is 0.102. The molecule has 0 saturated carbocycles. The van der Waals surface area contributed by atoms with Gasteiger partial charge < -0.3 is 5.32 Å². The van der Waals surface area contributed by atoms with Gasteiger partial charge in [-0.1, -0.05) is 44.5 Å². The molecule has 0 aliphatic heterocycles. The fourth-order valence-electron chi connectivity index (χ4n) is 3.19. The van der Waals surface area contributed by atoms with E-state index in [4.69, 9.17) is 11.6 Å². The lowest BCUT2D eigenvalue weighted by Gasteiger charge is -2.19. The highest BCUT2D eigenvalue weighted by Crippen LogP contribution is 2.25. The van der Waals surface area contributed by atoms with Gasteiger partial charge in [0.2, 0.25) is 5.78 Å². The number of nitrogens with zero attached hydrogens (tertiary/aromatic N) is 2. The van der Waals surface area contributed by atoms with Crippen molar-refractivity contribution in [1.82, 2.24) is 9.97 Å². The van der Waals surface area contributed by atoms with Crippen LogP contribution in [0.5, 0.6) is 0 Å². The van der Waals surface area contributed by atoms with Crippen molar-refractivity contribution < 1.29 is 9.59 Å². The molecule has 3 rings (SSSR count). The molecule has 1 N–H and O–H groups in total. The third-order valence-electron chi connectivity index (χ3n) is 4.91. The van der Waals surface area contributed by atoms with Crippen molar-refractivity contribution in [2.24, 2.45) is 0 Å². The second kappa shape index (κ2) is 8.36. The lowest BCUT2D eigenvalue weighted by Crippen LogP contribution is -2.18. The number of carbonyl (C=O) groups is 2. The minimum absolute atomic E-state index is 0.00902. The van der Waals surface area contributed by atoms with Gasteiger partial charge in [-0.25, -0.2) is 4.98 Å². The van der Waals surface area contributed by atoms with E-state index in [1.807, 2.05) is 19.1 Å². The summed E-state index contributed by atoms with van der Waals surface area (Å²) < 4.78 is 0. The zero-order chi connectivity index (χ0) is 22.1. The molecule has 1 aromatic carbocycles. The van der Waals surface area contributed by atoms with Gasteiger partial charge in [0, 0.05) is 29.2 Å². The smallest absolute Gasteiger partial charge is 0.255 e. The van der Waals surface area contributed by atoms with Gasteiger partial charge >= 0.3 is 0 Å². The van der Waals surface area contributed by atoms with Gasteiger partial charge in [-0.15, -0.1) is 0 Å². The third-order valence-corrected chi connectivity index (χ3v) is 5.11. The van der Waals surface area contributed by atoms with Crippen LogP contribution in [0.25, 0.3) is 0 Å². The minimum Gasteiger partial charge on any atom is -0.320 e. The number of aromatic nitrogens is 2. The van der Waals surface area contributed by atoms with E-state index in [0.717, 1.165) is 11.1 Å². The Morgan fingerprint density at radius 2 is 1.67 bits per heavy atom. The molecule has 5 nitrogen and oxygen atoms in total. The van der Waals surface area contributed by atoms with E-state index in [0.29, 0.717) is 21.8 Å². The van der Waals surface area contributed by atoms with Gasteiger partial charge in [-0.2, -0.15) is 0 Å². The van der Waals surface area contributed by atoms with Crippen molar-refractivity contribution in [3.05, 3.63) is 87.5 Å². The van der Waals surface area contributed by atoms with Gasteiger partial charge in [0.15, 0.2) is 0 Å². The predicted octanol–water partition coefficient (Wildman–Crippen LogP) is 5.53. The van der Waals surface area contributed by atoms with Crippen LogP contribution in [-0.2, 0) is 5.41 Å². The van der Waals surface area contributed by atoms with Crippen LogP contribution in [0.4, 0.5) is 5.69 Å². The Hall–Kier alpha value is -3.05. The molecule has 0 fully saturated rings. The second-order valence-corrected chi connectivity index (χ2v) is 8.68. The number of aryl methyl sites for hydroxylation is 2. The van der Waals surface area contributed by atoms with Crippen molar-refractivity contribution in [2.75, 3.05) is 5.32 Å². The summed E-state index contributed by atoms with van der Waals surface area (Å²) >= 11 is 6.09. The number of pyridine rings is 2. The zero-order valence-corrected chi connectivity index (χ0v) is 18.5. The number of hydrogen-bond donors (Lipinski definition) is 1. The summed E-state index contributed by atoms with van der Waals surface area (Å²) in [7, 11) is 0. The van der Waals surface area contributed by atoms with Crippen molar-refractivity contribution >= 4 is 29.0 Å². The maximum Gasteiger partial charge on any atom is 0.255 e. The van der Waals surface area contributed by atoms with E-state index >= 15 is 0 Å². The summed E-state index contributed by atoms with van der Waals surface area (Å²) in [4.78, 5) is 34.4. The fraction of sp³-hybridized carbons (Fsp3) is 0.250. The number of ketones is 1. The topological polar surface area (TPSA) is 72.0 Å². The van der Waals surface area contributed by atoms with E-state index in [2.05, 4.69) is 36.1 Å². The van der Waals surface area contributed by atoms with Gasteiger partial charge in [0.1, 0.15) is 5.69 Å². The maximum absolute atomic E-state index is 13.2. The highest BCUT2D eigenvalue weighted by Gasteiger charge is 2.22. The van der Waals surface area contributed by atoms with E-state index in [1.54, 1.807) is 31.3 Å². The first kappa shape index (κ1) is 21.7. The molecule has 0 radical (unpaired) electrons. The number of carbonyl (C=O) groups excluding carboxylic acids is 2. The summed E-state index contributed by atoms with van der Waals surface area (Å²) in [6, 6.07) is 10.7. The molecule has 0 aliphatic rings. The molecule has 154 valence electrons. The molecule has 6 heteroatoms. The number of anilines is 1. The minimum atomic E-state index is -0.340. The number of hydrogen-bond acceptors (Lipinski definition) is 4. The molecule has 2 aromatic heterocycles. The molecule has 2 heterocycles. The van der Waals surface area contributed by atoms with Crippen molar-refractivity contribution in [1.29, 1.82) is 0 Å². The fourth-order valence-corrected chi connectivity index (χ4v) is 3.35. The van der Waals surface area contributed by atoms with E-state index in [9.17, 15) is 9.59 Å². The van der Waals surface area contributed by atoms with Gasteiger partial charge in [-0.05, 0) is 54.7 Å². The summed E-state index contributed by atoms with van der Waals surface area (Å²) in [5, 5.41) is 3.11. The van der Waals surface area contributed by atoms with Crippen LogP contribution in [0, 0.1) is 13.8 Å².